The third-order valence-corrected chi connectivity index (χ3v) is 4.93. The molecule has 0 bridgehead atoms. The number of β-amino-alcohol motifs (C(OH)–C–C–N with tert-alkyl or cyclic N) is 1. The molecule has 1 N–H and O–H groups in total. The van der Waals surface area contributed by atoms with Crippen molar-refractivity contribution in [1.82, 2.24) is 19.4 Å². The van der Waals surface area contributed by atoms with Crippen LogP contribution in [0.3, 0.4) is 0 Å². The van der Waals surface area contributed by atoms with E-state index in [1.807, 2.05) is 31.4 Å². The number of hydrogen-bond acceptors (Lipinski definition) is 5. The highest BCUT2D eigenvalue weighted by molar-refractivity contribution is 5.84. The van der Waals surface area contributed by atoms with E-state index < -0.39 is 6.10 Å². The van der Waals surface area contributed by atoms with E-state index in [2.05, 4.69) is 36.5 Å². The zero-order valence-electron chi connectivity index (χ0n) is 14.4. The summed E-state index contributed by atoms with van der Waals surface area (Å²) in [6.07, 6.45) is 5.12. The fraction of sp³-hybridized carbons (Fsp3) is 0.368. The maximum Gasteiger partial charge on any atom is 0.225 e. The second kappa shape index (κ2) is 6.82. The topological polar surface area (TPSA) is 57.4 Å². The molecule has 1 atom stereocenters. The predicted octanol–water partition coefficient (Wildman–Crippen LogP) is 1.82. The molecule has 0 amide bonds. The summed E-state index contributed by atoms with van der Waals surface area (Å²) in [5, 5.41) is 11.9. The first-order valence-electron chi connectivity index (χ1n) is 8.69. The summed E-state index contributed by atoms with van der Waals surface area (Å²) >= 11 is 0. The number of fused-ring (bicyclic) bond motifs is 1. The molecule has 6 heteroatoms. The average molecular weight is 337 g/mol. The molecule has 0 saturated carbocycles. The quantitative estimate of drug-likeness (QED) is 0.787. The number of rotatable bonds is 4. The van der Waals surface area contributed by atoms with Crippen molar-refractivity contribution in [2.24, 2.45) is 7.05 Å². The van der Waals surface area contributed by atoms with Gasteiger partial charge in [0.15, 0.2) is 0 Å². The van der Waals surface area contributed by atoms with Gasteiger partial charge in [0.1, 0.15) is 0 Å². The van der Waals surface area contributed by atoms with Gasteiger partial charge in [-0.3, -0.25) is 4.90 Å². The second-order valence-electron chi connectivity index (χ2n) is 6.56. The molecule has 0 unspecified atom stereocenters. The minimum atomic E-state index is -0.481. The Bertz CT molecular complexity index is 839. The maximum atomic E-state index is 10.8. The lowest BCUT2D eigenvalue weighted by Crippen LogP contribution is -2.48. The van der Waals surface area contributed by atoms with Crippen molar-refractivity contribution in [2.45, 2.75) is 6.10 Å². The molecule has 1 aliphatic rings. The van der Waals surface area contributed by atoms with Gasteiger partial charge in [-0.05, 0) is 12.1 Å². The molecule has 0 aliphatic carbocycles. The van der Waals surface area contributed by atoms with Crippen molar-refractivity contribution < 1.29 is 5.11 Å². The molecule has 1 saturated heterocycles. The Balaban J connectivity index is 1.41. The molecule has 25 heavy (non-hydrogen) atoms. The largest absolute Gasteiger partial charge is 0.387 e. The lowest BCUT2D eigenvalue weighted by molar-refractivity contribution is 0.110. The minimum absolute atomic E-state index is 0.481. The number of benzene rings is 1. The van der Waals surface area contributed by atoms with E-state index in [-0.39, 0.29) is 0 Å². The van der Waals surface area contributed by atoms with Crippen molar-refractivity contribution in [3.8, 4) is 0 Å². The van der Waals surface area contributed by atoms with Crippen LogP contribution in [-0.2, 0) is 7.05 Å². The van der Waals surface area contributed by atoms with Gasteiger partial charge >= 0.3 is 0 Å². The van der Waals surface area contributed by atoms with Crippen LogP contribution in [0.4, 0.5) is 5.95 Å². The van der Waals surface area contributed by atoms with Crippen LogP contribution in [0, 0.1) is 0 Å². The van der Waals surface area contributed by atoms with Gasteiger partial charge in [0.05, 0.1) is 6.10 Å². The van der Waals surface area contributed by atoms with Gasteiger partial charge in [-0.15, -0.1) is 0 Å². The van der Waals surface area contributed by atoms with E-state index in [0.717, 1.165) is 48.6 Å². The molecule has 1 aromatic carbocycles. The number of anilines is 1. The van der Waals surface area contributed by atoms with E-state index >= 15 is 0 Å². The van der Waals surface area contributed by atoms with Gasteiger partial charge in [0.25, 0.3) is 0 Å². The summed E-state index contributed by atoms with van der Waals surface area (Å²) in [4.78, 5) is 13.1. The summed E-state index contributed by atoms with van der Waals surface area (Å²) in [5.41, 5.74) is 2.16. The van der Waals surface area contributed by atoms with Gasteiger partial charge in [0.2, 0.25) is 5.95 Å². The van der Waals surface area contributed by atoms with Gasteiger partial charge in [0, 0.05) is 74.8 Å². The molecule has 130 valence electrons. The van der Waals surface area contributed by atoms with Gasteiger partial charge < -0.3 is 14.6 Å². The molecule has 4 rings (SSSR count). The average Bonchev–Trinajstić information content (AvgIpc) is 3.00. The number of aliphatic hydroxyl groups excluding tert-OH is 1. The van der Waals surface area contributed by atoms with Crippen LogP contribution in [0.15, 0.2) is 48.9 Å². The first-order chi connectivity index (χ1) is 12.2. The summed E-state index contributed by atoms with van der Waals surface area (Å²) in [6, 6.07) is 10.1. The van der Waals surface area contributed by atoms with Crippen LogP contribution in [-0.4, -0.2) is 57.3 Å². The molecule has 1 aliphatic heterocycles. The maximum absolute atomic E-state index is 10.8. The van der Waals surface area contributed by atoms with Crippen LogP contribution in [0.5, 0.6) is 0 Å². The Morgan fingerprint density at radius 2 is 1.76 bits per heavy atom. The SMILES string of the molecule is Cn1cc([C@H](O)CN2CCN(c3ncccn3)CC2)c2ccccc21. The third-order valence-electron chi connectivity index (χ3n) is 4.93. The minimum Gasteiger partial charge on any atom is -0.387 e. The van der Waals surface area contributed by atoms with Gasteiger partial charge in [-0.2, -0.15) is 0 Å². The van der Waals surface area contributed by atoms with E-state index in [1.165, 1.54) is 0 Å². The molecule has 6 nitrogen and oxygen atoms in total. The van der Waals surface area contributed by atoms with Gasteiger partial charge in [-0.1, -0.05) is 18.2 Å². The number of aryl methyl sites for hydroxylation is 1. The monoisotopic (exact) mass is 337 g/mol. The number of piperazine rings is 1. The van der Waals surface area contributed by atoms with E-state index in [4.69, 9.17) is 0 Å². The van der Waals surface area contributed by atoms with Crippen LogP contribution in [0.2, 0.25) is 0 Å². The van der Waals surface area contributed by atoms with Crippen molar-refractivity contribution in [1.29, 1.82) is 0 Å². The van der Waals surface area contributed by atoms with Crippen LogP contribution >= 0.6 is 0 Å². The molecule has 3 aromatic rings. The van der Waals surface area contributed by atoms with Crippen molar-refractivity contribution in [3.63, 3.8) is 0 Å². The summed E-state index contributed by atoms with van der Waals surface area (Å²) in [6.45, 7) is 4.22. The first kappa shape index (κ1) is 16.1. The lowest BCUT2D eigenvalue weighted by Gasteiger charge is -2.35. The number of aliphatic hydroxyl groups is 1. The number of aromatic nitrogens is 3. The Labute approximate surface area is 147 Å². The highest BCUT2D eigenvalue weighted by Crippen LogP contribution is 2.26. The summed E-state index contributed by atoms with van der Waals surface area (Å²) < 4.78 is 2.08. The molecule has 2 aromatic heterocycles. The summed E-state index contributed by atoms with van der Waals surface area (Å²) in [7, 11) is 2.02. The second-order valence-corrected chi connectivity index (χ2v) is 6.56. The molecular formula is C19H23N5O. The van der Waals surface area contributed by atoms with Crippen molar-refractivity contribution >= 4 is 16.9 Å². The number of para-hydroxylation sites is 1. The highest BCUT2D eigenvalue weighted by atomic mass is 16.3. The van der Waals surface area contributed by atoms with Crippen molar-refractivity contribution in [3.05, 3.63) is 54.5 Å². The molecule has 0 spiro atoms. The van der Waals surface area contributed by atoms with E-state index in [0.29, 0.717) is 6.54 Å². The van der Waals surface area contributed by atoms with Crippen molar-refractivity contribution in [2.75, 3.05) is 37.6 Å². The zero-order valence-corrected chi connectivity index (χ0v) is 14.4. The van der Waals surface area contributed by atoms with E-state index in [1.54, 1.807) is 12.4 Å². The Morgan fingerprint density at radius 1 is 1.04 bits per heavy atom. The highest BCUT2D eigenvalue weighted by Gasteiger charge is 2.22. The molecular weight excluding hydrogens is 314 g/mol. The Hall–Kier alpha value is -2.44. The van der Waals surface area contributed by atoms with Crippen LogP contribution in [0.25, 0.3) is 10.9 Å². The molecule has 0 radical (unpaired) electrons. The molecule has 3 heterocycles. The van der Waals surface area contributed by atoms with Crippen LogP contribution in [0.1, 0.15) is 11.7 Å². The fourth-order valence-corrected chi connectivity index (χ4v) is 3.57. The lowest BCUT2D eigenvalue weighted by atomic mass is 10.1. The Kier molecular flexibility index (Phi) is 4.38. The van der Waals surface area contributed by atoms with E-state index in [9.17, 15) is 5.11 Å². The number of hydrogen-bond donors (Lipinski definition) is 1. The zero-order chi connectivity index (χ0) is 17.2. The fourth-order valence-electron chi connectivity index (χ4n) is 3.57. The summed E-state index contributed by atoms with van der Waals surface area (Å²) in [5.74, 6) is 0.789. The Morgan fingerprint density at radius 3 is 2.52 bits per heavy atom. The standard InChI is InChI=1S/C19H23N5O/c1-22-13-16(15-5-2-3-6-17(15)22)18(25)14-23-9-11-24(12-10-23)19-20-7-4-8-21-19/h2-8,13,18,25H,9-12,14H2,1H3/t18-/m1/s1. The van der Waals surface area contributed by atoms with Crippen LogP contribution < -0.4 is 4.90 Å². The van der Waals surface area contributed by atoms with Gasteiger partial charge in [-0.25, -0.2) is 9.97 Å². The molecule has 1 fully saturated rings. The normalized spacial score (nSPS) is 17.1. The third kappa shape index (κ3) is 3.23. The first-order valence-corrected chi connectivity index (χ1v) is 8.69. The predicted molar refractivity (Wildman–Crippen MR) is 98.6 cm³/mol. The number of nitrogens with zero attached hydrogens (tertiary/aromatic N) is 5. The smallest absolute Gasteiger partial charge is 0.225 e.